The third-order valence-corrected chi connectivity index (χ3v) is 1.18. The van der Waals surface area contributed by atoms with Crippen LogP contribution in [-0.4, -0.2) is 0 Å². The number of nitrogens with zero attached hydrogens (tertiary/aromatic N) is 1. The van der Waals surface area contributed by atoms with Gasteiger partial charge in [-0.2, -0.15) is 6.20 Å². The summed E-state index contributed by atoms with van der Waals surface area (Å²) in [4.78, 5) is 4.02. The van der Waals surface area contributed by atoms with Gasteiger partial charge >= 0.3 is 19.5 Å². The van der Waals surface area contributed by atoms with Gasteiger partial charge in [-0.05, 0) is 5.56 Å². The van der Waals surface area contributed by atoms with Gasteiger partial charge in [0.2, 0.25) is 0 Å². The molecule has 53 valence electrons. The van der Waals surface area contributed by atoms with Crippen molar-refractivity contribution in [3.63, 3.8) is 0 Å². The Bertz CT molecular complexity index is 202. The predicted octanol–water partition coefficient (Wildman–Crippen LogP) is 1.93. The molecule has 1 nitrogen and oxygen atoms in total. The van der Waals surface area contributed by atoms with E-state index in [9.17, 15) is 0 Å². The molecule has 0 spiro atoms. The van der Waals surface area contributed by atoms with Crippen molar-refractivity contribution in [3.8, 4) is 0 Å². The van der Waals surface area contributed by atoms with E-state index in [4.69, 9.17) is 0 Å². The van der Waals surface area contributed by atoms with Gasteiger partial charge in [-0.3, -0.25) is 0 Å². The van der Waals surface area contributed by atoms with Crippen LogP contribution < -0.4 is 4.98 Å². The smallest absolute Gasteiger partial charge is 0.664 e. The van der Waals surface area contributed by atoms with Gasteiger partial charge < -0.3 is 4.98 Å². The summed E-state index contributed by atoms with van der Waals surface area (Å²) in [6.07, 6.45) is 5.23. The van der Waals surface area contributed by atoms with Gasteiger partial charge in [0.05, 0.1) is 0 Å². The van der Waals surface area contributed by atoms with Crippen LogP contribution in [0.1, 0.15) is 11.3 Å². The van der Waals surface area contributed by atoms with Gasteiger partial charge in [0, 0.05) is 0 Å². The molecule has 1 radical (unpaired) electrons. The second-order valence-electron chi connectivity index (χ2n) is 1.69. The normalized spacial score (nSPS) is 8.00. The Morgan fingerprint density at radius 2 is 2.00 bits per heavy atom. The third kappa shape index (κ3) is 1.68. The summed E-state index contributed by atoms with van der Waals surface area (Å²) in [5.74, 6) is 0. The van der Waals surface area contributed by atoms with E-state index in [0.29, 0.717) is 0 Å². The maximum atomic E-state index is 4.02. The van der Waals surface area contributed by atoms with Crippen molar-refractivity contribution in [3.05, 3.63) is 36.7 Å². The molecule has 0 N–H and O–H groups in total. The summed E-state index contributed by atoms with van der Waals surface area (Å²) < 4.78 is 0. The van der Waals surface area contributed by atoms with E-state index in [1.807, 2.05) is 6.07 Å². The van der Waals surface area contributed by atoms with Crippen LogP contribution in [0, 0.1) is 0 Å². The molecule has 1 aromatic rings. The van der Waals surface area contributed by atoms with E-state index in [1.165, 1.54) is 0 Å². The minimum absolute atomic E-state index is 0. The zero-order chi connectivity index (χ0) is 6.69. The molecule has 0 aliphatic carbocycles. The molecule has 1 rings (SSSR count). The average molecular weight is 219 g/mol. The topological polar surface area (TPSA) is 14.1 Å². The first kappa shape index (κ1) is 9.38. The molecule has 0 fully saturated rings. The van der Waals surface area contributed by atoms with Crippen LogP contribution in [0.25, 0.3) is 12.2 Å². The monoisotopic (exact) mass is 220 g/mol. The molecule has 0 aromatic carbocycles. The Labute approximate surface area is 73.6 Å². The molecule has 1 aromatic heterocycles. The van der Waals surface area contributed by atoms with Crippen LogP contribution in [0.15, 0.2) is 25.4 Å². The first-order valence-electron chi connectivity index (χ1n) is 2.75. The second kappa shape index (κ2) is 4.24. The van der Waals surface area contributed by atoms with E-state index in [2.05, 4.69) is 18.1 Å². The van der Waals surface area contributed by atoms with Crippen molar-refractivity contribution in [1.29, 1.82) is 0 Å². The summed E-state index contributed by atoms with van der Waals surface area (Å²) in [6.45, 7) is 7.23. The quantitative estimate of drug-likeness (QED) is 0.693. The number of hydrogen-bond donors (Lipinski definition) is 0. The molecule has 1 heterocycles. The van der Waals surface area contributed by atoms with Crippen LogP contribution in [0.2, 0.25) is 0 Å². The maximum Gasteiger partial charge on any atom is 1.00 e. The van der Waals surface area contributed by atoms with Gasteiger partial charge in [-0.15, -0.1) is 12.3 Å². The fraction of sp³-hybridized carbons (Fsp3) is 0. The molecule has 0 aliphatic heterocycles. The van der Waals surface area contributed by atoms with Crippen molar-refractivity contribution in [2.24, 2.45) is 0 Å². The molecule has 2 heteroatoms. The minimum Gasteiger partial charge on any atom is -0.664 e. The average Bonchev–Trinajstić information content (AvgIpc) is 2.33. The summed E-state index contributed by atoms with van der Waals surface area (Å²) >= 11 is 0. The predicted molar refractivity (Wildman–Crippen MR) is 39.9 cm³/mol. The SMILES string of the molecule is C=Cc1cc[n-]c1C=C.[Ru+]. The molecule has 0 atom stereocenters. The van der Waals surface area contributed by atoms with Crippen LogP contribution in [-0.2, 0) is 19.5 Å². The molecule has 0 unspecified atom stereocenters. The molecule has 10 heavy (non-hydrogen) atoms. The Hall–Kier alpha value is -0.617. The molecule has 0 saturated carbocycles. The number of aromatic nitrogens is 1. The van der Waals surface area contributed by atoms with E-state index in [0.717, 1.165) is 11.3 Å². The maximum absolute atomic E-state index is 4.02. The number of hydrogen-bond acceptors (Lipinski definition) is 0. The Morgan fingerprint density at radius 3 is 2.40 bits per heavy atom. The van der Waals surface area contributed by atoms with E-state index >= 15 is 0 Å². The molecule has 0 saturated heterocycles. The molecule has 0 aliphatic rings. The first-order chi connectivity index (χ1) is 4.38. The summed E-state index contributed by atoms with van der Waals surface area (Å²) in [7, 11) is 0. The molecule has 0 amide bonds. The summed E-state index contributed by atoms with van der Waals surface area (Å²) in [6, 6.07) is 1.91. The van der Waals surface area contributed by atoms with Crippen LogP contribution in [0.4, 0.5) is 0 Å². The van der Waals surface area contributed by atoms with Crippen molar-refractivity contribution >= 4 is 12.2 Å². The second-order valence-corrected chi connectivity index (χ2v) is 1.69. The van der Waals surface area contributed by atoms with Gasteiger partial charge in [-0.25, -0.2) is 0 Å². The first-order valence-corrected chi connectivity index (χ1v) is 2.75. The van der Waals surface area contributed by atoms with E-state index < -0.39 is 0 Å². The fourth-order valence-corrected chi connectivity index (χ4v) is 0.701. The fourth-order valence-electron chi connectivity index (χ4n) is 0.701. The Morgan fingerprint density at radius 1 is 1.30 bits per heavy atom. The van der Waals surface area contributed by atoms with E-state index in [-0.39, 0.29) is 19.5 Å². The molecule has 0 bridgehead atoms. The van der Waals surface area contributed by atoms with Crippen LogP contribution in [0.5, 0.6) is 0 Å². The Balaban J connectivity index is 0.000000810. The third-order valence-electron chi connectivity index (χ3n) is 1.18. The van der Waals surface area contributed by atoms with Crippen LogP contribution >= 0.6 is 0 Å². The summed E-state index contributed by atoms with van der Waals surface area (Å²) in [5.41, 5.74) is 1.95. The summed E-state index contributed by atoms with van der Waals surface area (Å²) in [5, 5.41) is 0. The zero-order valence-electron chi connectivity index (χ0n) is 5.52. The van der Waals surface area contributed by atoms with Gasteiger partial charge in [0.25, 0.3) is 0 Å². The minimum atomic E-state index is 0. The van der Waals surface area contributed by atoms with Crippen LogP contribution in [0.3, 0.4) is 0 Å². The van der Waals surface area contributed by atoms with Crippen molar-refractivity contribution in [2.45, 2.75) is 0 Å². The zero-order valence-corrected chi connectivity index (χ0v) is 7.26. The van der Waals surface area contributed by atoms with E-state index in [1.54, 1.807) is 18.3 Å². The largest absolute Gasteiger partial charge is 1.00 e. The molecular weight excluding hydrogens is 211 g/mol. The van der Waals surface area contributed by atoms with Crippen molar-refractivity contribution < 1.29 is 19.5 Å². The number of rotatable bonds is 2. The Kier molecular flexibility index (Phi) is 3.98. The molecular formula is C8H8NRu. The van der Waals surface area contributed by atoms with Crippen molar-refractivity contribution in [2.75, 3.05) is 0 Å². The van der Waals surface area contributed by atoms with Gasteiger partial charge in [-0.1, -0.05) is 24.8 Å². The van der Waals surface area contributed by atoms with Gasteiger partial charge in [0.1, 0.15) is 0 Å². The standard InChI is InChI=1S/C8H8N.Ru/c1-3-7-5-6-9-8(7)4-2;/h3-6H,1-2H2;/q-1;+1. The van der Waals surface area contributed by atoms with Crippen molar-refractivity contribution in [1.82, 2.24) is 4.98 Å². The van der Waals surface area contributed by atoms with Gasteiger partial charge in [0.15, 0.2) is 0 Å².